The van der Waals surface area contributed by atoms with Crippen molar-refractivity contribution in [3.05, 3.63) is 199 Å². The number of fused-ring (bicyclic) bond motifs is 5. The van der Waals surface area contributed by atoms with Crippen LogP contribution < -0.4 is 15.9 Å². The van der Waals surface area contributed by atoms with Crippen LogP contribution >= 0.6 is 7.92 Å². The molecule has 0 aliphatic heterocycles. The summed E-state index contributed by atoms with van der Waals surface area (Å²) in [6, 6.07) is 51.8. The van der Waals surface area contributed by atoms with E-state index in [-0.39, 0.29) is 0 Å². The summed E-state index contributed by atoms with van der Waals surface area (Å²) in [5, 5.41) is 9.30. The lowest BCUT2D eigenvalue weighted by Gasteiger charge is -2.28. The molecule has 1 aliphatic carbocycles. The number of hydrogen-bond acceptors (Lipinski definition) is 0. The average Bonchev–Trinajstić information content (AvgIpc) is 3.53. The van der Waals surface area contributed by atoms with Gasteiger partial charge in [-0.1, -0.05) is 177 Å². The quantitative estimate of drug-likeness (QED) is 0.0877. The van der Waals surface area contributed by atoms with Crippen LogP contribution in [0.3, 0.4) is 0 Å². The third kappa shape index (κ3) is 5.59. The van der Waals surface area contributed by atoms with Crippen LogP contribution in [-0.4, -0.2) is 0 Å². The van der Waals surface area contributed by atoms with Gasteiger partial charge >= 0.3 is 0 Å². The number of hydrogen-bond donors (Lipinski definition) is 0. The third-order valence-electron chi connectivity index (χ3n) is 9.57. The van der Waals surface area contributed by atoms with E-state index in [0.717, 1.165) is 6.42 Å². The van der Waals surface area contributed by atoms with Crippen LogP contribution in [-0.2, 0) is 6.42 Å². The van der Waals surface area contributed by atoms with Gasteiger partial charge in [0.1, 0.15) is 0 Å². The largest absolute Gasteiger partial charge is 0.0991 e. The lowest BCUT2D eigenvalue weighted by molar-refractivity contribution is 1.26. The van der Waals surface area contributed by atoms with Gasteiger partial charge in [-0.3, -0.25) is 0 Å². The molecule has 0 heterocycles. The van der Waals surface area contributed by atoms with Crippen LogP contribution in [0.15, 0.2) is 176 Å². The molecule has 0 bridgehead atoms. The first-order chi connectivity index (χ1) is 24.3. The van der Waals surface area contributed by atoms with Crippen LogP contribution in [0.25, 0.3) is 56.0 Å². The number of benzene rings is 7. The molecule has 7 aromatic carbocycles. The fourth-order valence-corrected chi connectivity index (χ4v) is 10.3. The standard InChI is InChI=1S/C48H37P/c1-3-5-8-21-35-22-13-17-29-46(35)49(47-30-18-16-27-39(47)34-19-9-7-10-20-34)48-40-28-15-12-24-37(40)32-43-41(25-6-4-2)42-31-36-23-11-14-26-38(36)44(42)33-45(43)48/h3-30,32-33H,2,31H2,1H3/b5-3-,21-8-,25-6-. The highest BCUT2D eigenvalue weighted by Gasteiger charge is 2.29. The van der Waals surface area contributed by atoms with Crippen molar-refractivity contribution in [2.75, 3.05) is 0 Å². The van der Waals surface area contributed by atoms with Gasteiger partial charge in [0.05, 0.1) is 0 Å². The van der Waals surface area contributed by atoms with Crippen molar-refractivity contribution >= 4 is 57.5 Å². The minimum Gasteiger partial charge on any atom is -0.0991 e. The van der Waals surface area contributed by atoms with Crippen LogP contribution in [0.4, 0.5) is 0 Å². The van der Waals surface area contributed by atoms with Gasteiger partial charge in [0, 0.05) is 5.30 Å². The Labute approximate surface area is 290 Å². The van der Waals surface area contributed by atoms with Crippen molar-refractivity contribution in [2.24, 2.45) is 0 Å². The molecule has 7 aromatic rings. The Bertz CT molecular complexity index is 2440. The van der Waals surface area contributed by atoms with Gasteiger partial charge in [0.2, 0.25) is 0 Å². The zero-order valence-corrected chi connectivity index (χ0v) is 28.6. The van der Waals surface area contributed by atoms with Crippen molar-refractivity contribution in [3.8, 4) is 22.3 Å². The van der Waals surface area contributed by atoms with Crippen LogP contribution in [0.2, 0.25) is 0 Å². The van der Waals surface area contributed by atoms with Gasteiger partial charge in [0.25, 0.3) is 0 Å². The number of allylic oxidation sites excluding steroid dienone is 5. The molecule has 0 amide bonds. The maximum atomic E-state index is 4.05. The molecule has 0 radical (unpaired) electrons. The van der Waals surface area contributed by atoms with Gasteiger partial charge in [-0.05, 0) is 110 Å². The van der Waals surface area contributed by atoms with Crippen molar-refractivity contribution in [1.82, 2.24) is 0 Å². The summed E-state index contributed by atoms with van der Waals surface area (Å²) in [6.07, 6.45) is 15.9. The SMILES string of the molecule is C=C/C=C\c1c2c(cc3c(P(c4ccccc4/C=C\C=C/C)c4ccccc4-c4ccccc4)c4ccccc4cc13)-c1ccccc1C2. The second-order valence-corrected chi connectivity index (χ2v) is 14.5. The second-order valence-electron chi connectivity index (χ2n) is 12.4. The van der Waals surface area contributed by atoms with Crippen molar-refractivity contribution in [1.29, 1.82) is 0 Å². The van der Waals surface area contributed by atoms with Crippen LogP contribution in [0, 0.1) is 0 Å². The molecule has 0 saturated carbocycles. The smallest absolute Gasteiger partial charge is 0.000678 e. The second kappa shape index (κ2) is 13.5. The summed E-state index contributed by atoms with van der Waals surface area (Å²) in [4.78, 5) is 0. The molecular weight excluding hydrogens is 608 g/mol. The summed E-state index contributed by atoms with van der Waals surface area (Å²) in [5.74, 6) is 0. The first-order valence-corrected chi connectivity index (χ1v) is 18.3. The fraction of sp³-hybridized carbons (Fsp3) is 0.0417. The van der Waals surface area contributed by atoms with Gasteiger partial charge in [-0.2, -0.15) is 0 Å². The molecular formula is C48H37P. The molecule has 0 saturated heterocycles. The van der Waals surface area contributed by atoms with E-state index >= 15 is 0 Å². The highest BCUT2D eigenvalue weighted by Crippen LogP contribution is 2.47. The van der Waals surface area contributed by atoms with E-state index in [1.54, 1.807) is 0 Å². The Kier molecular flexibility index (Phi) is 8.49. The highest BCUT2D eigenvalue weighted by molar-refractivity contribution is 7.81. The summed E-state index contributed by atoms with van der Waals surface area (Å²) >= 11 is 0. The van der Waals surface area contributed by atoms with Gasteiger partial charge in [-0.25, -0.2) is 0 Å². The molecule has 0 spiro atoms. The van der Waals surface area contributed by atoms with Crippen molar-refractivity contribution in [2.45, 2.75) is 13.3 Å². The molecule has 49 heavy (non-hydrogen) atoms. The average molecular weight is 645 g/mol. The highest BCUT2D eigenvalue weighted by atomic mass is 31.1. The first kappa shape index (κ1) is 30.8. The van der Waals surface area contributed by atoms with Gasteiger partial charge in [0.15, 0.2) is 0 Å². The molecule has 1 atom stereocenters. The Morgan fingerprint density at radius 3 is 2.12 bits per heavy atom. The molecule has 0 nitrogen and oxygen atoms in total. The molecule has 0 aromatic heterocycles. The zero-order valence-electron chi connectivity index (χ0n) is 27.7. The molecule has 0 N–H and O–H groups in total. The molecule has 8 rings (SSSR count). The summed E-state index contributed by atoms with van der Waals surface area (Å²) in [6.45, 7) is 6.11. The van der Waals surface area contributed by atoms with E-state index in [0.29, 0.717) is 0 Å². The predicted octanol–water partition coefficient (Wildman–Crippen LogP) is 11.8. The molecule has 1 heteroatoms. The monoisotopic (exact) mass is 644 g/mol. The van der Waals surface area contributed by atoms with E-state index in [9.17, 15) is 0 Å². The van der Waals surface area contributed by atoms with E-state index in [4.69, 9.17) is 0 Å². The van der Waals surface area contributed by atoms with E-state index in [2.05, 4.69) is 189 Å². The normalized spacial score (nSPS) is 13.1. The summed E-state index contributed by atoms with van der Waals surface area (Å²) in [7, 11) is -1.05. The first-order valence-electron chi connectivity index (χ1n) is 17.0. The minimum atomic E-state index is -1.05. The summed E-state index contributed by atoms with van der Waals surface area (Å²) in [5.41, 5.74) is 10.5. The number of rotatable bonds is 8. The van der Waals surface area contributed by atoms with Crippen molar-refractivity contribution < 1.29 is 0 Å². The Hall–Kier alpha value is -5.55. The molecule has 1 aliphatic rings. The van der Waals surface area contributed by atoms with Crippen LogP contribution in [0.5, 0.6) is 0 Å². The lowest BCUT2D eigenvalue weighted by Crippen LogP contribution is -2.25. The maximum Gasteiger partial charge on any atom is 0.000678 e. The molecule has 1 unspecified atom stereocenters. The Morgan fingerprint density at radius 1 is 0.571 bits per heavy atom. The maximum absolute atomic E-state index is 4.05. The zero-order chi connectivity index (χ0) is 33.2. The van der Waals surface area contributed by atoms with Gasteiger partial charge in [-0.15, -0.1) is 0 Å². The Balaban J connectivity index is 1.55. The van der Waals surface area contributed by atoms with E-state index in [1.807, 2.05) is 6.08 Å². The minimum absolute atomic E-state index is 0.935. The van der Waals surface area contributed by atoms with Gasteiger partial charge < -0.3 is 0 Å². The lowest BCUT2D eigenvalue weighted by atomic mass is 9.92. The Morgan fingerprint density at radius 2 is 1.29 bits per heavy atom. The third-order valence-corrected chi connectivity index (χ3v) is 12.3. The topological polar surface area (TPSA) is 0 Å². The van der Waals surface area contributed by atoms with E-state index in [1.165, 1.54) is 82.0 Å². The van der Waals surface area contributed by atoms with Crippen LogP contribution in [0.1, 0.15) is 29.2 Å². The predicted molar refractivity (Wildman–Crippen MR) is 217 cm³/mol. The van der Waals surface area contributed by atoms with Crippen molar-refractivity contribution in [3.63, 3.8) is 0 Å². The molecule has 234 valence electrons. The summed E-state index contributed by atoms with van der Waals surface area (Å²) < 4.78 is 0. The fourth-order valence-electron chi connectivity index (χ4n) is 7.41. The van der Waals surface area contributed by atoms with E-state index < -0.39 is 7.92 Å². The molecule has 0 fully saturated rings.